The molecule has 0 saturated carbocycles. The molecule has 8 bridgehead atoms. The molecule has 128 heavy (non-hydrogen) atoms. The van der Waals surface area contributed by atoms with Crippen LogP contribution in [0.15, 0.2) is 311 Å². The Kier molecular flexibility index (Phi) is 34.6. The molecule has 0 N–H and O–H groups in total. The number of hydrogen-bond acceptors (Lipinski definition) is 16. The van der Waals surface area contributed by atoms with Crippen molar-refractivity contribution in [3.05, 3.63) is 402 Å². The van der Waals surface area contributed by atoms with E-state index in [1.165, 1.54) is 24.3 Å². The minimum absolute atomic E-state index is 0.178. The lowest BCUT2D eigenvalue weighted by Crippen LogP contribution is -2.10. The Balaban J connectivity index is 0.975. The molecule has 0 aliphatic heterocycles. The quantitative estimate of drug-likeness (QED) is 0.0116. The van der Waals surface area contributed by atoms with Crippen molar-refractivity contribution in [2.24, 2.45) is 20.0 Å². The van der Waals surface area contributed by atoms with Crippen LogP contribution < -0.4 is 37.9 Å². The Morgan fingerprint density at radius 1 is 0.250 bits per heavy atom. The predicted molar refractivity (Wildman–Crippen MR) is 514 cm³/mol. The lowest BCUT2D eigenvalue weighted by molar-refractivity contribution is -0.129. The van der Waals surface area contributed by atoms with Crippen molar-refractivity contribution < 1.29 is 57.1 Å². The van der Waals surface area contributed by atoms with Crippen molar-refractivity contribution in [1.29, 1.82) is 0 Å². The third kappa shape index (κ3) is 28.7. The van der Waals surface area contributed by atoms with Crippen LogP contribution in [0.1, 0.15) is 190 Å². The van der Waals surface area contributed by atoms with Gasteiger partial charge in [0.25, 0.3) is 0 Å². The van der Waals surface area contributed by atoms with Crippen molar-refractivity contribution in [2.45, 2.75) is 131 Å². The fraction of sp³-hybridized carbons (Fsp3) is 0.214. The summed E-state index contributed by atoms with van der Waals surface area (Å²) in [5, 5.41) is 0. The number of hydrogen-bond donors (Lipinski definition) is 0. The molecular weight excluding hydrogens is 1590 g/mol. The van der Waals surface area contributed by atoms with Gasteiger partial charge in [0.15, 0.2) is 0 Å². The van der Waals surface area contributed by atoms with Crippen LogP contribution in [-0.2, 0) is 71.0 Å². The molecule has 1 aliphatic carbocycles. The fourth-order valence-corrected chi connectivity index (χ4v) is 14.6. The van der Waals surface area contributed by atoms with E-state index in [9.17, 15) is 19.2 Å². The van der Waals surface area contributed by atoms with Crippen molar-refractivity contribution in [3.63, 3.8) is 0 Å². The summed E-state index contributed by atoms with van der Waals surface area (Å²) < 4.78 is 51.9. The molecular formula is C112H108N4O12. The second-order valence-electron chi connectivity index (χ2n) is 31.3. The van der Waals surface area contributed by atoms with Gasteiger partial charge in [-0.25, -0.2) is 19.2 Å². The number of ether oxygens (including phenoxy) is 8. The highest BCUT2D eigenvalue weighted by atomic mass is 16.5. The Bertz CT molecular complexity index is 5100. The van der Waals surface area contributed by atoms with Gasteiger partial charge in [0.05, 0.1) is 52.6 Å². The average molecular weight is 1700 g/mol. The standard InChI is InChI=1S/C112H108N4O12/c1-5-9-57-121-101-65-89-61-91-67-102(122-58-10-6-2)69-93(106(91)50-54-110(118)126-98-43-35-86(36-44-98)78-114-74-82-27-19-14-20-28-82)63-95-71-104(124-60-12-8-4)72-96(108(95)52-56-112(120)128-100-47-39-88(40-48-100)80-116-76-84-31-23-16-24-32-84)64-94-70-103(123-59-11-7-3)68-92(107(94)51-55-111(119)127-99-45-37-87(38-46-99)79-115-75-83-29-21-15-22-30-83)62-90(66-101)105(89)49-53-109(117)125-97-41-33-85(34-42-97)77-113-73-81-25-17-13-18-26-81/h13-56,65-72,77-80H,5-12,57-64,73-76H2,1-4H3. The predicted octanol–water partition coefficient (Wildman–Crippen LogP) is 24.0. The number of esters is 4. The molecule has 0 saturated heterocycles. The lowest BCUT2D eigenvalue weighted by atomic mass is 9.84. The number of carbonyl (C=O) groups excluding carboxylic acids is 4. The second-order valence-corrected chi connectivity index (χ2v) is 31.3. The van der Waals surface area contributed by atoms with E-state index in [0.29, 0.717) is 121 Å². The van der Waals surface area contributed by atoms with E-state index in [2.05, 4.69) is 47.7 Å². The van der Waals surface area contributed by atoms with E-state index < -0.39 is 23.9 Å². The van der Waals surface area contributed by atoms with Crippen molar-refractivity contribution in [1.82, 2.24) is 0 Å². The summed E-state index contributed by atoms with van der Waals surface area (Å²) in [7, 11) is 0. The van der Waals surface area contributed by atoms with Crippen molar-refractivity contribution in [2.75, 3.05) is 26.4 Å². The molecule has 0 unspecified atom stereocenters. The van der Waals surface area contributed by atoms with Crippen LogP contribution in [0.5, 0.6) is 46.0 Å². The third-order valence-electron chi connectivity index (χ3n) is 21.3. The topological polar surface area (TPSA) is 192 Å². The number of rotatable bonds is 40. The summed E-state index contributed by atoms with van der Waals surface area (Å²) in [6, 6.07) is 85.0. The number of benzene rings is 12. The number of fused-ring (bicyclic) bond motifs is 8. The molecule has 0 heterocycles. The zero-order valence-corrected chi connectivity index (χ0v) is 73.2. The molecule has 1 aliphatic rings. The maximum absolute atomic E-state index is 14.7. The molecule has 648 valence electrons. The van der Waals surface area contributed by atoms with E-state index >= 15 is 0 Å². The molecule has 0 radical (unpaired) electrons. The summed E-state index contributed by atoms with van der Waals surface area (Å²) in [5.41, 5.74) is 16.3. The number of nitrogens with zero attached hydrogens (tertiary/aromatic N) is 4. The van der Waals surface area contributed by atoms with Gasteiger partial charge >= 0.3 is 23.9 Å². The number of aliphatic imine (C=N–C) groups is 4. The molecule has 16 heteroatoms. The zero-order valence-electron chi connectivity index (χ0n) is 73.2. The van der Waals surface area contributed by atoms with Gasteiger partial charge in [-0.15, -0.1) is 0 Å². The monoisotopic (exact) mass is 1700 g/mol. The highest BCUT2D eigenvalue weighted by molar-refractivity contribution is 5.93. The Hall–Kier alpha value is -14.6. The summed E-state index contributed by atoms with van der Waals surface area (Å²) in [6.45, 7) is 12.1. The molecule has 0 atom stereocenters. The lowest BCUT2D eigenvalue weighted by Gasteiger charge is -2.23. The normalized spacial score (nSPS) is 12.2. The van der Waals surface area contributed by atoms with E-state index in [-0.39, 0.29) is 25.7 Å². The van der Waals surface area contributed by atoms with E-state index in [4.69, 9.17) is 37.9 Å². The zero-order chi connectivity index (χ0) is 88.7. The molecule has 12 aromatic carbocycles. The summed E-state index contributed by atoms with van der Waals surface area (Å²) in [6.07, 6.45) is 27.4. The van der Waals surface area contributed by atoms with Crippen LogP contribution in [0.2, 0.25) is 0 Å². The highest BCUT2D eigenvalue weighted by Gasteiger charge is 2.24. The molecule has 0 spiro atoms. The molecule has 16 nitrogen and oxygen atoms in total. The first-order valence-electron chi connectivity index (χ1n) is 44.1. The number of carbonyl (C=O) groups is 4. The maximum Gasteiger partial charge on any atom is 0.336 e. The summed E-state index contributed by atoms with van der Waals surface area (Å²) in [4.78, 5) is 77.4. The first-order chi connectivity index (χ1) is 62.8. The van der Waals surface area contributed by atoms with Gasteiger partial charge in [-0.1, -0.05) is 175 Å². The molecule has 0 aromatic heterocycles. The van der Waals surface area contributed by atoms with Gasteiger partial charge in [-0.05, 0) is 333 Å². The molecule has 0 fully saturated rings. The van der Waals surface area contributed by atoms with Crippen LogP contribution in [0.25, 0.3) is 24.3 Å². The maximum atomic E-state index is 14.7. The number of unbranched alkanes of at least 4 members (excludes halogenated alkanes) is 4. The largest absolute Gasteiger partial charge is 0.494 e. The molecule has 13 rings (SSSR count). The van der Waals surface area contributed by atoms with Crippen molar-refractivity contribution >= 4 is 73.0 Å². The van der Waals surface area contributed by atoms with E-state index in [1.807, 2.05) is 218 Å². The van der Waals surface area contributed by atoms with E-state index in [1.54, 1.807) is 97.7 Å². The average Bonchev–Trinajstić information content (AvgIpc) is 0.770. The van der Waals surface area contributed by atoms with Gasteiger partial charge in [-0.2, -0.15) is 0 Å². The van der Waals surface area contributed by atoms with Crippen LogP contribution in [0.3, 0.4) is 0 Å². The summed E-state index contributed by atoms with van der Waals surface area (Å²) >= 11 is 0. The van der Waals surface area contributed by atoms with E-state index in [0.717, 1.165) is 140 Å². The van der Waals surface area contributed by atoms with Crippen LogP contribution in [-0.4, -0.2) is 75.2 Å². The van der Waals surface area contributed by atoms with Crippen LogP contribution in [0, 0.1) is 0 Å². The van der Waals surface area contributed by atoms with Gasteiger partial charge in [-0.3, -0.25) is 20.0 Å². The Morgan fingerprint density at radius 2 is 0.438 bits per heavy atom. The second kappa shape index (κ2) is 48.6. The first-order valence-corrected chi connectivity index (χ1v) is 44.1. The highest BCUT2D eigenvalue weighted by Crippen LogP contribution is 2.39. The van der Waals surface area contributed by atoms with Crippen LogP contribution >= 0.6 is 0 Å². The van der Waals surface area contributed by atoms with Gasteiger partial charge in [0, 0.05) is 49.2 Å². The van der Waals surface area contributed by atoms with Gasteiger partial charge in [0.1, 0.15) is 46.0 Å². The van der Waals surface area contributed by atoms with Gasteiger partial charge < -0.3 is 37.9 Å². The van der Waals surface area contributed by atoms with Crippen LogP contribution in [0.4, 0.5) is 0 Å². The smallest absolute Gasteiger partial charge is 0.336 e. The third-order valence-corrected chi connectivity index (χ3v) is 21.3. The Labute approximate surface area is 751 Å². The van der Waals surface area contributed by atoms with Crippen molar-refractivity contribution in [3.8, 4) is 46.0 Å². The fourth-order valence-electron chi connectivity index (χ4n) is 14.6. The Morgan fingerprint density at radius 3 is 0.617 bits per heavy atom. The minimum Gasteiger partial charge on any atom is -0.494 e. The van der Waals surface area contributed by atoms with Gasteiger partial charge in [0.2, 0.25) is 0 Å². The SMILES string of the molecule is CCCCOc1cc2c(C=CC(=O)Oc3ccc(C=NCc4ccccc4)cc3)c(c1)Cc1cc(OCCCC)cc(c1C=CC(=O)Oc1ccc(C=NCc3ccccc3)cc1)Cc1cc(OCCCC)cc(c1C=CC(=O)Oc1ccc(C=NCc3ccccc3)cc1)Cc1cc(OCCCC)cc(c1C=CC(=O)Oc1ccc(C=NCc3ccccc3)cc1)C2. The first kappa shape index (κ1) is 91.1. The molecule has 0 amide bonds. The minimum atomic E-state index is -0.631. The summed E-state index contributed by atoms with van der Waals surface area (Å²) in [5.74, 6) is 1.11. The molecule has 12 aromatic rings.